The lowest BCUT2D eigenvalue weighted by Crippen LogP contribution is -2.30. The highest BCUT2D eigenvalue weighted by molar-refractivity contribution is 7.47. The molecule has 0 saturated carbocycles. The molecule has 0 amide bonds. The van der Waals surface area contributed by atoms with E-state index in [4.69, 9.17) is 37.0 Å². The number of esters is 4. The van der Waals surface area contributed by atoms with Crippen LogP contribution in [0.4, 0.5) is 0 Å². The van der Waals surface area contributed by atoms with Gasteiger partial charge in [-0.3, -0.25) is 37.3 Å². The van der Waals surface area contributed by atoms with Crippen LogP contribution in [0.25, 0.3) is 0 Å². The van der Waals surface area contributed by atoms with Gasteiger partial charge in [0.2, 0.25) is 0 Å². The normalized spacial score (nSPS) is 14.0. The molecule has 0 heterocycles. The van der Waals surface area contributed by atoms with Crippen molar-refractivity contribution in [3.05, 3.63) is 0 Å². The predicted molar refractivity (Wildman–Crippen MR) is 428 cm³/mol. The van der Waals surface area contributed by atoms with Crippen molar-refractivity contribution in [1.82, 2.24) is 0 Å². The van der Waals surface area contributed by atoms with Gasteiger partial charge >= 0.3 is 39.5 Å². The summed E-state index contributed by atoms with van der Waals surface area (Å²) < 4.78 is 68.8. The van der Waals surface area contributed by atoms with Crippen LogP contribution < -0.4 is 0 Å². The van der Waals surface area contributed by atoms with Gasteiger partial charge in [0.1, 0.15) is 19.3 Å². The molecular formula is C85H166O17P2. The second kappa shape index (κ2) is 77.8. The van der Waals surface area contributed by atoms with Crippen molar-refractivity contribution < 1.29 is 80.2 Å². The lowest BCUT2D eigenvalue weighted by Gasteiger charge is -2.21. The standard InChI is InChI=1S/C85H166O17P2/c1-6-10-13-16-19-22-25-27-29-31-33-34-35-37-39-41-43-46-49-55-60-65-70-84(89)101-80(74-96-83(88)69-64-59-54-48-45-42-40-38-36-32-30-28-26-23-20-17-14-11-7-2)76-99-103(91,92)97-72-79(86)73-98-104(93,94)100-77-81(75-95-82(87)68-63-58-53-47-44-24-21-18-15-12-8-3)102-85(90)71-66-61-56-51-50-52-57-62-67-78(5)9-4/h78-81,86H,6-77H2,1-5H3,(H,91,92)(H,93,94)/t78?,79-,80-,81-/m1/s1. The number of carbonyl (C=O) groups is 4. The number of carbonyl (C=O) groups excluding carboxylic acids is 4. The molecule has 0 saturated heterocycles. The molecule has 0 aromatic rings. The SMILES string of the molecule is CCCCCCCCCCCCCCCCCCCCCCCCC(=O)O[C@H](COC(=O)CCCCCCCCCCCCCCCCCCCCC)COP(=O)(O)OC[C@@H](O)COP(=O)(O)OC[C@@H](COC(=O)CCCCCCCCCCCCC)OC(=O)CCCCCCCCCCC(C)CC. The topological polar surface area (TPSA) is 237 Å². The number of hydrogen-bond donors (Lipinski definition) is 3. The summed E-state index contributed by atoms with van der Waals surface area (Å²) in [7, 11) is -9.92. The first-order valence-electron chi connectivity index (χ1n) is 44.2. The first-order chi connectivity index (χ1) is 50.6. The van der Waals surface area contributed by atoms with E-state index >= 15 is 0 Å². The number of aliphatic hydroxyl groups excluding tert-OH is 1. The zero-order valence-electron chi connectivity index (χ0n) is 68.2. The molecule has 19 heteroatoms. The summed E-state index contributed by atoms with van der Waals surface area (Å²) in [5.41, 5.74) is 0. The molecule has 0 aromatic carbocycles. The lowest BCUT2D eigenvalue weighted by atomic mass is 9.99. The Hall–Kier alpha value is -1.94. The van der Waals surface area contributed by atoms with Gasteiger partial charge in [0.15, 0.2) is 12.2 Å². The molecule has 0 rings (SSSR count). The van der Waals surface area contributed by atoms with Gasteiger partial charge < -0.3 is 33.8 Å². The van der Waals surface area contributed by atoms with Gasteiger partial charge in [-0.05, 0) is 31.6 Å². The average molecular weight is 1520 g/mol. The van der Waals surface area contributed by atoms with Crippen molar-refractivity contribution in [1.29, 1.82) is 0 Å². The molecule has 0 aliphatic rings. The smallest absolute Gasteiger partial charge is 0.462 e. The van der Waals surface area contributed by atoms with Crippen molar-refractivity contribution in [2.24, 2.45) is 5.92 Å². The number of ether oxygens (including phenoxy) is 4. The van der Waals surface area contributed by atoms with E-state index in [9.17, 15) is 43.2 Å². The summed E-state index contributed by atoms with van der Waals surface area (Å²) in [4.78, 5) is 73.1. The molecule has 104 heavy (non-hydrogen) atoms. The minimum Gasteiger partial charge on any atom is -0.462 e. The third-order valence-electron chi connectivity index (χ3n) is 20.4. The fourth-order valence-corrected chi connectivity index (χ4v) is 14.8. The Morgan fingerprint density at radius 3 is 0.683 bits per heavy atom. The van der Waals surface area contributed by atoms with Crippen LogP contribution in [-0.4, -0.2) is 96.7 Å². The first-order valence-corrected chi connectivity index (χ1v) is 47.2. The second-order valence-corrected chi connectivity index (χ2v) is 33.7. The Morgan fingerprint density at radius 1 is 0.269 bits per heavy atom. The van der Waals surface area contributed by atoms with Crippen LogP contribution in [0.15, 0.2) is 0 Å². The summed E-state index contributed by atoms with van der Waals surface area (Å²) >= 11 is 0. The van der Waals surface area contributed by atoms with Crippen molar-refractivity contribution in [2.45, 2.75) is 477 Å². The molecule has 0 bridgehead atoms. The third kappa shape index (κ3) is 76.8. The van der Waals surface area contributed by atoms with E-state index < -0.39 is 97.5 Å². The summed E-state index contributed by atoms with van der Waals surface area (Å²) in [6.45, 7) is 7.34. The van der Waals surface area contributed by atoms with Crippen LogP contribution in [0.1, 0.15) is 458 Å². The molecule has 17 nitrogen and oxygen atoms in total. The fourth-order valence-electron chi connectivity index (χ4n) is 13.3. The van der Waals surface area contributed by atoms with Crippen molar-refractivity contribution in [3.63, 3.8) is 0 Å². The highest BCUT2D eigenvalue weighted by Crippen LogP contribution is 2.45. The van der Waals surface area contributed by atoms with Crippen molar-refractivity contribution >= 4 is 39.5 Å². The van der Waals surface area contributed by atoms with Crippen molar-refractivity contribution in [3.8, 4) is 0 Å². The number of unbranched alkanes of at least 4 members (excludes halogenated alkanes) is 56. The highest BCUT2D eigenvalue weighted by atomic mass is 31.2. The second-order valence-electron chi connectivity index (χ2n) is 30.8. The lowest BCUT2D eigenvalue weighted by molar-refractivity contribution is -0.161. The van der Waals surface area contributed by atoms with Crippen LogP contribution in [0.2, 0.25) is 0 Å². The molecule has 3 N–H and O–H groups in total. The molecule has 0 fully saturated rings. The van der Waals surface area contributed by atoms with Crippen LogP contribution in [-0.2, 0) is 65.4 Å². The monoisotopic (exact) mass is 1520 g/mol. The Kier molecular flexibility index (Phi) is 76.3. The molecular weight excluding hydrogens is 1350 g/mol. The summed E-state index contributed by atoms with van der Waals surface area (Å²) in [5, 5.41) is 10.7. The van der Waals surface area contributed by atoms with E-state index in [2.05, 4.69) is 34.6 Å². The number of hydrogen-bond acceptors (Lipinski definition) is 15. The van der Waals surface area contributed by atoms with Gasteiger partial charge in [-0.1, -0.05) is 407 Å². The van der Waals surface area contributed by atoms with Gasteiger partial charge in [-0.15, -0.1) is 0 Å². The maximum atomic E-state index is 13.1. The van der Waals surface area contributed by atoms with E-state index in [0.717, 1.165) is 95.8 Å². The summed E-state index contributed by atoms with van der Waals surface area (Å²) in [6, 6.07) is 0. The molecule has 0 spiro atoms. The Bertz CT molecular complexity index is 1980. The molecule has 3 unspecified atom stereocenters. The molecule has 0 aliphatic carbocycles. The largest absolute Gasteiger partial charge is 0.472 e. The Morgan fingerprint density at radius 2 is 0.462 bits per heavy atom. The first kappa shape index (κ1) is 102. The third-order valence-corrected chi connectivity index (χ3v) is 22.3. The maximum Gasteiger partial charge on any atom is 0.472 e. The van der Waals surface area contributed by atoms with Gasteiger partial charge in [0.25, 0.3) is 0 Å². The Balaban J connectivity index is 5.21. The number of phosphoric acid groups is 2. The van der Waals surface area contributed by atoms with Gasteiger partial charge in [0.05, 0.1) is 26.4 Å². The van der Waals surface area contributed by atoms with Gasteiger partial charge in [-0.25, -0.2) is 9.13 Å². The zero-order valence-corrected chi connectivity index (χ0v) is 70.0. The summed E-state index contributed by atoms with van der Waals surface area (Å²) in [6.07, 6.45) is 70.9. The molecule has 0 aromatic heterocycles. The fraction of sp³-hybridized carbons (Fsp3) is 0.953. The Labute approximate surface area is 638 Å². The average Bonchev–Trinajstić information content (AvgIpc) is 0.913. The minimum atomic E-state index is -4.96. The zero-order chi connectivity index (χ0) is 76.2. The molecule has 0 radical (unpaired) electrons. The van der Waals surface area contributed by atoms with E-state index in [-0.39, 0.29) is 25.7 Å². The quantitative estimate of drug-likeness (QED) is 0.0222. The number of phosphoric ester groups is 2. The van der Waals surface area contributed by atoms with E-state index in [1.54, 1.807) is 0 Å². The van der Waals surface area contributed by atoms with Crippen LogP contribution in [0, 0.1) is 5.92 Å². The summed E-state index contributed by atoms with van der Waals surface area (Å²) in [5.74, 6) is -1.33. The van der Waals surface area contributed by atoms with Crippen molar-refractivity contribution in [2.75, 3.05) is 39.6 Å². The van der Waals surface area contributed by atoms with E-state index in [1.807, 2.05) is 0 Å². The number of aliphatic hydroxyl groups is 1. The number of rotatable bonds is 85. The maximum absolute atomic E-state index is 13.1. The van der Waals surface area contributed by atoms with Gasteiger partial charge in [0, 0.05) is 25.7 Å². The van der Waals surface area contributed by atoms with Gasteiger partial charge in [-0.2, -0.15) is 0 Å². The highest BCUT2D eigenvalue weighted by Gasteiger charge is 2.30. The van der Waals surface area contributed by atoms with E-state index in [0.29, 0.717) is 25.7 Å². The van der Waals surface area contributed by atoms with E-state index in [1.165, 1.54) is 283 Å². The predicted octanol–water partition coefficient (Wildman–Crippen LogP) is 26.0. The molecule has 6 atom stereocenters. The molecule has 618 valence electrons. The molecule has 0 aliphatic heterocycles. The van der Waals surface area contributed by atoms with Crippen LogP contribution in [0.5, 0.6) is 0 Å². The minimum absolute atomic E-state index is 0.106. The van der Waals surface area contributed by atoms with Crippen LogP contribution >= 0.6 is 15.6 Å². The van der Waals surface area contributed by atoms with Crippen LogP contribution in [0.3, 0.4) is 0 Å².